The minimum Gasteiger partial charge on any atom is -0.366 e. The molecule has 2 N–H and O–H groups in total. The molecule has 0 aliphatic heterocycles. The van der Waals surface area contributed by atoms with Crippen LogP contribution in [-0.2, 0) is 0 Å². The van der Waals surface area contributed by atoms with Crippen LogP contribution in [0.5, 0.6) is 0 Å². The van der Waals surface area contributed by atoms with Gasteiger partial charge in [0.15, 0.2) is 0 Å². The second-order valence-corrected chi connectivity index (χ2v) is 5.59. The molecular formula is C16H19ClN4O. The summed E-state index contributed by atoms with van der Waals surface area (Å²) in [7, 11) is 0. The third-order valence-electron chi connectivity index (χ3n) is 3.34. The van der Waals surface area contributed by atoms with Gasteiger partial charge >= 0.3 is 0 Å². The molecular weight excluding hydrogens is 300 g/mol. The molecule has 116 valence electrons. The zero-order valence-electron chi connectivity index (χ0n) is 12.9. The van der Waals surface area contributed by atoms with Crippen LogP contribution in [-0.4, -0.2) is 21.9 Å². The van der Waals surface area contributed by atoms with Crippen molar-refractivity contribution in [3.63, 3.8) is 0 Å². The average molecular weight is 319 g/mol. The summed E-state index contributed by atoms with van der Waals surface area (Å²) >= 11 is 5.94. The van der Waals surface area contributed by atoms with Crippen molar-refractivity contribution in [3.8, 4) is 0 Å². The predicted molar refractivity (Wildman–Crippen MR) is 89.5 cm³/mol. The fourth-order valence-corrected chi connectivity index (χ4v) is 1.96. The van der Waals surface area contributed by atoms with Crippen LogP contribution in [0, 0.1) is 6.92 Å². The molecule has 1 aromatic heterocycles. The fourth-order valence-electron chi connectivity index (χ4n) is 1.79. The SMILES string of the molecule is CCC(C)Nc1cnc(C(=O)Nc2cc(Cl)ccc2C)cn1. The van der Waals surface area contributed by atoms with Crippen molar-refractivity contribution in [2.75, 3.05) is 10.6 Å². The predicted octanol–water partition coefficient (Wildman–Crippen LogP) is 3.90. The highest BCUT2D eigenvalue weighted by molar-refractivity contribution is 6.31. The van der Waals surface area contributed by atoms with Gasteiger partial charge in [-0.05, 0) is 38.0 Å². The highest BCUT2D eigenvalue weighted by Crippen LogP contribution is 2.20. The van der Waals surface area contributed by atoms with E-state index in [0.717, 1.165) is 12.0 Å². The van der Waals surface area contributed by atoms with Gasteiger partial charge in [0, 0.05) is 16.8 Å². The van der Waals surface area contributed by atoms with Gasteiger partial charge in [-0.25, -0.2) is 9.97 Å². The summed E-state index contributed by atoms with van der Waals surface area (Å²) < 4.78 is 0. The van der Waals surface area contributed by atoms with Crippen LogP contribution in [0.15, 0.2) is 30.6 Å². The van der Waals surface area contributed by atoms with Gasteiger partial charge in [0.25, 0.3) is 5.91 Å². The topological polar surface area (TPSA) is 66.9 Å². The first-order valence-corrected chi connectivity index (χ1v) is 7.53. The largest absolute Gasteiger partial charge is 0.366 e. The van der Waals surface area contributed by atoms with Gasteiger partial charge < -0.3 is 10.6 Å². The molecule has 2 aromatic rings. The first-order chi connectivity index (χ1) is 10.5. The zero-order valence-corrected chi connectivity index (χ0v) is 13.6. The molecule has 0 saturated heterocycles. The van der Waals surface area contributed by atoms with Crippen LogP contribution in [0.25, 0.3) is 0 Å². The highest BCUT2D eigenvalue weighted by Gasteiger charge is 2.10. The second kappa shape index (κ2) is 7.22. The third-order valence-corrected chi connectivity index (χ3v) is 3.57. The van der Waals surface area contributed by atoms with Gasteiger partial charge in [-0.3, -0.25) is 4.79 Å². The molecule has 2 rings (SSSR count). The summed E-state index contributed by atoms with van der Waals surface area (Å²) in [4.78, 5) is 20.5. The maximum Gasteiger partial charge on any atom is 0.275 e. The molecule has 1 heterocycles. The number of nitrogens with zero attached hydrogens (tertiary/aromatic N) is 2. The summed E-state index contributed by atoms with van der Waals surface area (Å²) in [6.07, 6.45) is 4.00. The lowest BCUT2D eigenvalue weighted by molar-refractivity contribution is 0.102. The summed E-state index contributed by atoms with van der Waals surface area (Å²) in [6, 6.07) is 5.65. The standard InChI is InChI=1S/C16H19ClN4O/c1-4-11(3)20-15-9-18-14(8-19-15)16(22)21-13-7-12(17)6-5-10(13)2/h5-9,11H,4H2,1-3H3,(H,19,20)(H,21,22). The van der Waals surface area contributed by atoms with Crippen molar-refractivity contribution in [2.24, 2.45) is 0 Å². The molecule has 0 radical (unpaired) electrons. The van der Waals surface area contributed by atoms with E-state index in [4.69, 9.17) is 11.6 Å². The van der Waals surface area contributed by atoms with E-state index in [1.165, 1.54) is 6.20 Å². The van der Waals surface area contributed by atoms with E-state index in [-0.39, 0.29) is 11.6 Å². The van der Waals surface area contributed by atoms with Crippen LogP contribution < -0.4 is 10.6 Å². The van der Waals surface area contributed by atoms with Gasteiger partial charge in [-0.2, -0.15) is 0 Å². The molecule has 1 amide bonds. The maximum absolute atomic E-state index is 12.2. The Kier molecular flexibility index (Phi) is 5.33. The third kappa shape index (κ3) is 4.18. The molecule has 0 fully saturated rings. The molecule has 0 saturated carbocycles. The second-order valence-electron chi connectivity index (χ2n) is 5.15. The number of halogens is 1. The molecule has 0 bridgehead atoms. The quantitative estimate of drug-likeness (QED) is 0.877. The number of hydrogen-bond acceptors (Lipinski definition) is 4. The number of carbonyl (C=O) groups excluding carboxylic acids is 1. The van der Waals surface area contributed by atoms with Gasteiger partial charge in [0.1, 0.15) is 11.5 Å². The first kappa shape index (κ1) is 16.2. The van der Waals surface area contributed by atoms with Crippen molar-refractivity contribution in [2.45, 2.75) is 33.2 Å². The number of aryl methyl sites for hydroxylation is 1. The lowest BCUT2D eigenvalue weighted by Gasteiger charge is -2.12. The lowest BCUT2D eigenvalue weighted by atomic mass is 10.2. The van der Waals surface area contributed by atoms with Crippen LogP contribution in [0.2, 0.25) is 5.02 Å². The van der Waals surface area contributed by atoms with Crippen molar-refractivity contribution in [1.29, 1.82) is 0 Å². The number of aromatic nitrogens is 2. The van der Waals surface area contributed by atoms with Crippen LogP contribution in [0.4, 0.5) is 11.5 Å². The number of anilines is 2. The number of benzene rings is 1. The number of rotatable bonds is 5. The van der Waals surface area contributed by atoms with E-state index in [2.05, 4.69) is 34.4 Å². The molecule has 1 unspecified atom stereocenters. The molecule has 22 heavy (non-hydrogen) atoms. The first-order valence-electron chi connectivity index (χ1n) is 7.15. The zero-order chi connectivity index (χ0) is 16.1. The monoisotopic (exact) mass is 318 g/mol. The van der Waals surface area contributed by atoms with E-state index in [0.29, 0.717) is 22.6 Å². The van der Waals surface area contributed by atoms with E-state index >= 15 is 0 Å². The van der Waals surface area contributed by atoms with Crippen molar-refractivity contribution < 1.29 is 4.79 Å². The van der Waals surface area contributed by atoms with Crippen LogP contribution in [0.1, 0.15) is 36.3 Å². The molecule has 6 heteroatoms. The Morgan fingerprint density at radius 1 is 1.32 bits per heavy atom. The number of carbonyl (C=O) groups is 1. The average Bonchev–Trinajstić information content (AvgIpc) is 2.51. The summed E-state index contributed by atoms with van der Waals surface area (Å²) in [5, 5.41) is 6.56. The molecule has 0 aliphatic rings. The molecule has 5 nitrogen and oxygen atoms in total. The molecule has 1 atom stereocenters. The minimum atomic E-state index is -0.312. The van der Waals surface area contributed by atoms with Crippen molar-refractivity contribution in [1.82, 2.24) is 9.97 Å². The van der Waals surface area contributed by atoms with Gasteiger partial charge in [-0.15, -0.1) is 0 Å². The van der Waals surface area contributed by atoms with E-state index in [1.807, 2.05) is 13.0 Å². The smallest absolute Gasteiger partial charge is 0.275 e. The lowest BCUT2D eigenvalue weighted by Crippen LogP contribution is -2.17. The van der Waals surface area contributed by atoms with Crippen LogP contribution >= 0.6 is 11.6 Å². The van der Waals surface area contributed by atoms with E-state index < -0.39 is 0 Å². The van der Waals surface area contributed by atoms with Crippen molar-refractivity contribution >= 4 is 29.0 Å². The van der Waals surface area contributed by atoms with E-state index in [9.17, 15) is 4.79 Å². The van der Waals surface area contributed by atoms with Crippen molar-refractivity contribution in [3.05, 3.63) is 46.9 Å². The Morgan fingerprint density at radius 2 is 2.09 bits per heavy atom. The van der Waals surface area contributed by atoms with E-state index in [1.54, 1.807) is 18.3 Å². The maximum atomic E-state index is 12.2. The normalized spacial score (nSPS) is 11.8. The Hall–Kier alpha value is -2.14. The summed E-state index contributed by atoms with van der Waals surface area (Å²) in [6.45, 7) is 6.04. The summed E-state index contributed by atoms with van der Waals surface area (Å²) in [5.41, 5.74) is 1.86. The molecule has 0 aliphatic carbocycles. The molecule has 0 spiro atoms. The number of nitrogens with one attached hydrogen (secondary N) is 2. The van der Waals surface area contributed by atoms with Gasteiger partial charge in [0.05, 0.1) is 12.4 Å². The number of hydrogen-bond donors (Lipinski definition) is 2. The Balaban J connectivity index is 2.08. The van der Waals surface area contributed by atoms with Gasteiger partial charge in [-0.1, -0.05) is 24.6 Å². The molecule has 1 aromatic carbocycles. The minimum absolute atomic E-state index is 0.258. The van der Waals surface area contributed by atoms with Crippen LogP contribution in [0.3, 0.4) is 0 Å². The Morgan fingerprint density at radius 3 is 2.73 bits per heavy atom. The Labute approximate surface area is 135 Å². The Bertz CT molecular complexity index is 658. The fraction of sp³-hybridized carbons (Fsp3) is 0.312. The van der Waals surface area contributed by atoms with Gasteiger partial charge in [0.2, 0.25) is 0 Å². The highest BCUT2D eigenvalue weighted by atomic mass is 35.5. The summed E-state index contributed by atoms with van der Waals surface area (Å²) in [5.74, 6) is 0.345. The number of amides is 1.